The maximum atomic E-state index is 12.2. The lowest BCUT2D eigenvalue weighted by molar-refractivity contribution is 0.102. The lowest BCUT2D eigenvalue weighted by Gasteiger charge is -2.10. The van der Waals surface area contributed by atoms with Gasteiger partial charge in [-0.15, -0.1) is 0 Å². The van der Waals surface area contributed by atoms with Gasteiger partial charge in [-0.05, 0) is 32.9 Å². The minimum atomic E-state index is -0.235. The van der Waals surface area contributed by atoms with Crippen LogP contribution in [0.5, 0.6) is 0 Å². The molecule has 1 aromatic carbocycles. The maximum Gasteiger partial charge on any atom is 0.301 e. The van der Waals surface area contributed by atoms with Gasteiger partial charge in [0.05, 0.1) is 11.3 Å². The summed E-state index contributed by atoms with van der Waals surface area (Å²) in [5.41, 5.74) is 3.13. The Bertz CT molecular complexity index is 590. The zero-order chi connectivity index (χ0) is 13.8. The normalized spacial score (nSPS) is 10.3. The summed E-state index contributed by atoms with van der Waals surface area (Å²) in [5, 5.41) is 5.81. The SMILES string of the molecule is CCNc1ccc(C)cc1C(=O)Nc1nc(C)co1. The van der Waals surface area contributed by atoms with Crippen molar-refractivity contribution in [1.29, 1.82) is 0 Å². The molecule has 0 unspecified atom stereocenters. The van der Waals surface area contributed by atoms with Crippen LogP contribution in [0.2, 0.25) is 0 Å². The Morgan fingerprint density at radius 2 is 2.16 bits per heavy atom. The Balaban J connectivity index is 2.24. The van der Waals surface area contributed by atoms with Crippen molar-refractivity contribution in [2.24, 2.45) is 0 Å². The predicted molar refractivity (Wildman–Crippen MR) is 74.5 cm³/mol. The standard InChI is InChI=1S/C14H17N3O2/c1-4-15-12-6-5-9(2)7-11(12)13(18)17-14-16-10(3)8-19-14/h5-8,15H,4H2,1-3H3,(H,16,17,18). The molecule has 1 aromatic heterocycles. The van der Waals surface area contributed by atoms with E-state index in [2.05, 4.69) is 15.6 Å². The second-order valence-corrected chi connectivity index (χ2v) is 4.33. The first-order valence-corrected chi connectivity index (χ1v) is 6.18. The Kier molecular flexibility index (Phi) is 3.85. The van der Waals surface area contributed by atoms with E-state index >= 15 is 0 Å². The molecule has 100 valence electrons. The molecule has 19 heavy (non-hydrogen) atoms. The van der Waals surface area contributed by atoms with Gasteiger partial charge in [-0.3, -0.25) is 10.1 Å². The van der Waals surface area contributed by atoms with Gasteiger partial charge in [0.25, 0.3) is 5.91 Å². The molecule has 0 fully saturated rings. The fourth-order valence-electron chi connectivity index (χ4n) is 1.77. The zero-order valence-corrected chi connectivity index (χ0v) is 11.3. The quantitative estimate of drug-likeness (QED) is 0.885. The Morgan fingerprint density at radius 3 is 2.79 bits per heavy atom. The summed E-state index contributed by atoms with van der Waals surface area (Å²) in [6.45, 7) is 6.48. The van der Waals surface area contributed by atoms with Crippen molar-refractivity contribution in [2.75, 3.05) is 17.2 Å². The summed E-state index contributed by atoms with van der Waals surface area (Å²) in [5.74, 6) is -0.235. The molecule has 0 aliphatic heterocycles. The topological polar surface area (TPSA) is 67.2 Å². The molecule has 2 rings (SSSR count). The smallest absolute Gasteiger partial charge is 0.301 e. The highest BCUT2D eigenvalue weighted by atomic mass is 16.4. The van der Waals surface area contributed by atoms with E-state index in [-0.39, 0.29) is 11.9 Å². The number of benzene rings is 1. The number of aryl methyl sites for hydroxylation is 2. The molecule has 0 spiro atoms. The summed E-state index contributed by atoms with van der Waals surface area (Å²) < 4.78 is 5.12. The number of nitrogens with one attached hydrogen (secondary N) is 2. The molecule has 0 radical (unpaired) electrons. The van der Waals surface area contributed by atoms with Gasteiger partial charge in [-0.1, -0.05) is 11.6 Å². The molecule has 0 saturated carbocycles. The third-order valence-electron chi connectivity index (χ3n) is 2.63. The van der Waals surface area contributed by atoms with Gasteiger partial charge in [0.1, 0.15) is 6.26 Å². The van der Waals surface area contributed by atoms with E-state index in [9.17, 15) is 4.79 Å². The second-order valence-electron chi connectivity index (χ2n) is 4.33. The van der Waals surface area contributed by atoms with Crippen LogP contribution in [0.1, 0.15) is 28.5 Å². The molecule has 0 aliphatic carbocycles. The van der Waals surface area contributed by atoms with Crippen molar-refractivity contribution >= 4 is 17.6 Å². The van der Waals surface area contributed by atoms with Crippen molar-refractivity contribution in [3.63, 3.8) is 0 Å². The lowest BCUT2D eigenvalue weighted by Crippen LogP contribution is -2.15. The van der Waals surface area contributed by atoms with E-state index in [1.54, 1.807) is 6.92 Å². The summed E-state index contributed by atoms with van der Waals surface area (Å²) in [6, 6.07) is 5.91. The monoisotopic (exact) mass is 259 g/mol. The number of nitrogens with zero attached hydrogens (tertiary/aromatic N) is 1. The Hall–Kier alpha value is -2.30. The molecular formula is C14H17N3O2. The molecule has 1 amide bonds. The van der Waals surface area contributed by atoms with Gasteiger partial charge in [-0.2, -0.15) is 4.98 Å². The van der Waals surface area contributed by atoms with Gasteiger partial charge in [-0.25, -0.2) is 0 Å². The fraction of sp³-hybridized carbons (Fsp3) is 0.286. The van der Waals surface area contributed by atoms with Gasteiger partial charge < -0.3 is 9.73 Å². The van der Waals surface area contributed by atoms with Crippen LogP contribution in [0.4, 0.5) is 11.7 Å². The van der Waals surface area contributed by atoms with Crippen LogP contribution < -0.4 is 10.6 Å². The lowest BCUT2D eigenvalue weighted by atomic mass is 10.1. The number of carbonyl (C=O) groups is 1. The van der Waals surface area contributed by atoms with Crippen molar-refractivity contribution in [2.45, 2.75) is 20.8 Å². The number of carbonyl (C=O) groups excluding carboxylic acids is 1. The fourth-order valence-corrected chi connectivity index (χ4v) is 1.77. The van der Waals surface area contributed by atoms with E-state index in [0.717, 1.165) is 23.5 Å². The van der Waals surface area contributed by atoms with Gasteiger partial charge in [0.15, 0.2) is 0 Å². The van der Waals surface area contributed by atoms with Crippen LogP contribution in [0.15, 0.2) is 28.9 Å². The molecular weight excluding hydrogens is 242 g/mol. The van der Waals surface area contributed by atoms with E-state index < -0.39 is 0 Å². The molecule has 0 bridgehead atoms. The number of aromatic nitrogens is 1. The van der Waals surface area contributed by atoms with Gasteiger partial charge in [0.2, 0.25) is 0 Å². The van der Waals surface area contributed by atoms with Crippen LogP contribution in [-0.4, -0.2) is 17.4 Å². The van der Waals surface area contributed by atoms with Crippen molar-refractivity contribution in [1.82, 2.24) is 4.98 Å². The minimum absolute atomic E-state index is 0.214. The van der Waals surface area contributed by atoms with Crippen molar-refractivity contribution < 1.29 is 9.21 Å². The van der Waals surface area contributed by atoms with Crippen LogP contribution in [0.25, 0.3) is 0 Å². The number of anilines is 2. The number of rotatable bonds is 4. The third-order valence-corrected chi connectivity index (χ3v) is 2.63. The minimum Gasteiger partial charge on any atom is -0.432 e. The van der Waals surface area contributed by atoms with Crippen molar-refractivity contribution in [3.05, 3.63) is 41.3 Å². The maximum absolute atomic E-state index is 12.2. The largest absolute Gasteiger partial charge is 0.432 e. The molecule has 2 aromatic rings. The first kappa shape index (κ1) is 13.1. The molecule has 1 heterocycles. The number of oxazole rings is 1. The Morgan fingerprint density at radius 1 is 1.37 bits per heavy atom. The predicted octanol–water partition coefficient (Wildman–Crippen LogP) is 2.98. The third kappa shape index (κ3) is 3.13. The average Bonchev–Trinajstić information content (AvgIpc) is 2.77. The second kappa shape index (κ2) is 5.56. The first-order chi connectivity index (χ1) is 9.10. The van der Waals surface area contributed by atoms with Crippen LogP contribution >= 0.6 is 0 Å². The number of hydrogen-bond donors (Lipinski definition) is 2. The number of hydrogen-bond acceptors (Lipinski definition) is 4. The van der Waals surface area contributed by atoms with E-state index in [1.807, 2.05) is 32.0 Å². The molecule has 5 heteroatoms. The summed E-state index contributed by atoms with van der Waals surface area (Å²) in [4.78, 5) is 16.3. The highest BCUT2D eigenvalue weighted by molar-refractivity contribution is 6.07. The summed E-state index contributed by atoms with van der Waals surface area (Å²) in [6.07, 6.45) is 1.50. The highest BCUT2D eigenvalue weighted by Gasteiger charge is 2.13. The van der Waals surface area contributed by atoms with Gasteiger partial charge >= 0.3 is 6.01 Å². The zero-order valence-electron chi connectivity index (χ0n) is 11.3. The summed E-state index contributed by atoms with van der Waals surface area (Å²) >= 11 is 0. The van der Waals surface area contributed by atoms with Crippen LogP contribution in [0.3, 0.4) is 0 Å². The van der Waals surface area contributed by atoms with E-state index in [0.29, 0.717) is 5.56 Å². The molecule has 0 atom stereocenters. The van der Waals surface area contributed by atoms with E-state index in [1.165, 1.54) is 6.26 Å². The summed E-state index contributed by atoms with van der Waals surface area (Å²) in [7, 11) is 0. The van der Waals surface area contributed by atoms with Crippen LogP contribution in [0, 0.1) is 13.8 Å². The molecule has 0 saturated heterocycles. The highest BCUT2D eigenvalue weighted by Crippen LogP contribution is 2.19. The average molecular weight is 259 g/mol. The molecule has 5 nitrogen and oxygen atoms in total. The van der Waals surface area contributed by atoms with Gasteiger partial charge in [0, 0.05) is 12.2 Å². The van der Waals surface area contributed by atoms with E-state index in [4.69, 9.17) is 4.42 Å². The van der Waals surface area contributed by atoms with Crippen LogP contribution in [-0.2, 0) is 0 Å². The van der Waals surface area contributed by atoms with Crippen molar-refractivity contribution in [3.8, 4) is 0 Å². The number of amides is 1. The molecule has 0 aliphatic rings. The molecule has 2 N–H and O–H groups in total. The first-order valence-electron chi connectivity index (χ1n) is 6.18. The Labute approximate surface area is 112 Å².